The molecule has 0 bridgehead atoms. The maximum absolute atomic E-state index is 10.5. The number of carboxylic acid groups (broad SMARTS) is 1. The highest BCUT2D eigenvalue weighted by Crippen LogP contribution is 2.14. The van der Waals surface area contributed by atoms with E-state index in [4.69, 9.17) is 14.6 Å². The van der Waals surface area contributed by atoms with Crippen molar-refractivity contribution in [2.45, 2.75) is 64.4 Å². The van der Waals surface area contributed by atoms with Gasteiger partial charge < -0.3 is 14.6 Å². The molecule has 24 heavy (non-hydrogen) atoms. The molecule has 1 unspecified atom stereocenters. The van der Waals surface area contributed by atoms with Gasteiger partial charge in [0.05, 0.1) is 12.3 Å². The Kier molecular flexibility index (Phi) is 11.3. The Labute approximate surface area is 145 Å². The van der Waals surface area contributed by atoms with Gasteiger partial charge in [-0.3, -0.25) is 0 Å². The van der Waals surface area contributed by atoms with Crippen LogP contribution in [-0.4, -0.2) is 23.8 Å². The average molecular weight is 334 g/mol. The lowest BCUT2D eigenvalue weighted by molar-refractivity contribution is -0.131. The van der Waals surface area contributed by atoms with E-state index in [0.717, 1.165) is 24.7 Å². The molecule has 0 fully saturated rings. The van der Waals surface area contributed by atoms with E-state index in [9.17, 15) is 4.79 Å². The fraction of sp³-hybridized carbons (Fsp3) is 0.550. The van der Waals surface area contributed by atoms with Gasteiger partial charge in [-0.1, -0.05) is 63.6 Å². The molecular formula is C20H30O4. The normalized spacial score (nSPS) is 12.2. The summed E-state index contributed by atoms with van der Waals surface area (Å²) in [4.78, 5) is 10.5. The minimum absolute atomic E-state index is 0.128. The third kappa shape index (κ3) is 10.7. The van der Waals surface area contributed by atoms with Crippen LogP contribution in [0.3, 0.4) is 0 Å². The molecule has 0 spiro atoms. The van der Waals surface area contributed by atoms with Crippen LogP contribution in [0.4, 0.5) is 0 Å². The minimum Gasteiger partial charge on any atom is -0.494 e. The van der Waals surface area contributed by atoms with E-state index in [-0.39, 0.29) is 6.10 Å². The van der Waals surface area contributed by atoms with Crippen LogP contribution in [0.1, 0.15) is 58.3 Å². The number of benzene rings is 1. The molecule has 0 saturated heterocycles. The van der Waals surface area contributed by atoms with Crippen molar-refractivity contribution >= 4 is 5.97 Å². The van der Waals surface area contributed by atoms with Gasteiger partial charge in [-0.05, 0) is 25.0 Å². The van der Waals surface area contributed by atoms with Crippen molar-refractivity contribution in [3.8, 4) is 5.75 Å². The third-order valence-corrected chi connectivity index (χ3v) is 3.79. The van der Waals surface area contributed by atoms with Crippen LogP contribution >= 0.6 is 0 Å². The van der Waals surface area contributed by atoms with Crippen molar-refractivity contribution in [2.24, 2.45) is 0 Å². The van der Waals surface area contributed by atoms with Gasteiger partial charge in [0.1, 0.15) is 18.5 Å². The first-order valence-corrected chi connectivity index (χ1v) is 8.95. The summed E-state index contributed by atoms with van der Waals surface area (Å²) in [5.74, 6) is -0.207. The zero-order valence-corrected chi connectivity index (χ0v) is 14.7. The number of rotatable bonds is 14. The molecule has 1 aromatic carbocycles. The van der Waals surface area contributed by atoms with Crippen molar-refractivity contribution in [2.75, 3.05) is 6.61 Å². The number of hydrogen-bond donors (Lipinski definition) is 1. The molecule has 4 nitrogen and oxygen atoms in total. The van der Waals surface area contributed by atoms with Crippen LogP contribution in [-0.2, 0) is 9.53 Å². The summed E-state index contributed by atoms with van der Waals surface area (Å²) < 4.78 is 11.3. The van der Waals surface area contributed by atoms with Gasteiger partial charge in [0.25, 0.3) is 0 Å². The lowest BCUT2D eigenvalue weighted by Crippen LogP contribution is -2.20. The molecule has 0 saturated carbocycles. The molecule has 0 aliphatic rings. The van der Waals surface area contributed by atoms with E-state index in [2.05, 4.69) is 6.92 Å². The van der Waals surface area contributed by atoms with Gasteiger partial charge in [0.15, 0.2) is 0 Å². The topological polar surface area (TPSA) is 55.8 Å². The first kappa shape index (κ1) is 20.1. The van der Waals surface area contributed by atoms with Crippen molar-refractivity contribution in [1.82, 2.24) is 0 Å². The number of carbonyl (C=O) groups is 1. The summed E-state index contributed by atoms with van der Waals surface area (Å²) in [7, 11) is 0. The van der Waals surface area contributed by atoms with Gasteiger partial charge in [-0.2, -0.15) is 0 Å². The molecule has 1 rings (SSSR count). The first-order chi connectivity index (χ1) is 11.7. The predicted octanol–water partition coefficient (Wildman–Crippen LogP) is 5.19. The Hall–Kier alpha value is -1.97. The summed E-state index contributed by atoms with van der Waals surface area (Å²) in [6.07, 6.45) is 11.7. The summed E-state index contributed by atoms with van der Waals surface area (Å²) >= 11 is 0. The van der Waals surface area contributed by atoms with Crippen molar-refractivity contribution < 1.29 is 19.4 Å². The second-order valence-corrected chi connectivity index (χ2v) is 5.93. The molecule has 0 aliphatic heterocycles. The van der Waals surface area contributed by atoms with Crippen LogP contribution in [0.2, 0.25) is 0 Å². The van der Waals surface area contributed by atoms with E-state index in [1.54, 1.807) is 0 Å². The molecule has 0 aliphatic carbocycles. The Morgan fingerprint density at radius 1 is 1.08 bits per heavy atom. The predicted molar refractivity (Wildman–Crippen MR) is 96.2 cm³/mol. The van der Waals surface area contributed by atoms with E-state index in [1.807, 2.05) is 30.3 Å². The van der Waals surface area contributed by atoms with Crippen LogP contribution in [0.5, 0.6) is 5.75 Å². The summed E-state index contributed by atoms with van der Waals surface area (Å²) in [6.45, 7) is 2.64. The van der Waals surface area contributed by atoms with Crippen LogP contribution in [0, 0.1) is 0 Å². The van der Waals surface area contributed by atoms with Crippen molar-refractivity contribution in [3.63, 3.8) is 0 Å². The molecule has 1 N–H and O–H groups in total. The smallest absolute Gasteiger partial charge is 0.331 e. The number of para-hydroxylation sites is 1. The fourth-order valence-corrected chi connectivity index (χ4v) is 2.43. The number of carboxylic acids is 1. The second-order valence-electron chi connectivity index (χ2n) is 5.93. The maximum Gasteiger partial charge on any atom is 0.331 e. The molecule has 0 amide bonds. The molecule has 134 valence electrons. The van der Waals surface area contributed by atoms with Gasteiger partial charge in [0.2, 0.25) is 0 Å². The third-order valence-electron chi connectivity index (χ3n) is 3.79. The highest BCUT2D eigenvalue weighted by Gasteiger charge is 2.10. The summed E-state index contributed by atoms with van der Waals surface area (Å²) in [5, 5.41) is 8.65. The lowest BCUT2D eigenvalue weighted by Gasteiger charge is -2.17. The zero-order chi connectivity index (χ0) is 17.5. The number of aliphatic carboxylic acids is 1. The van der Waals surface area contributed by atoms with Crippen LogP contribution in [0.25, 0.3) is 0 Å². The summed E-state index contributed by atoms with van der Waals surface area (Å²) in [6, 6.07) is 9.59. The van der Waals surface area contributed by atoms with Gasteiger partial charge in [-0.15, -0.1) is 0 Å². The Morgan fingerprint density at radius 2 is 1.75 bits per heavy atom. The molecular weight excluding hydrogens is 304 g/mol. The Morgan fingerprint density at radius 3 is 2.42 bits per heavy atom. The molecule has 1 aromatic rings. The Bertz CT molecular complexity index is 456. The number of unbranched alkanes of at least 4 members (excludes halogenated alkanes) is 6. The lowest BCUT2D eigenvalue weighted by atomic mass is 10.1. The van der Waals surface area contributed by atoms with E-state index < -0.39 is 5.97 Å². The summed E-state index contributed by atoms with van der Waals surface area (Å²) in [5.41, 5.74) is 0. The maximum atomic E-state index is 10.5. The quantitative estimate of drug-likeness (QED) is 0.289. The molecule has 0 radical (unpaired) electrons. The second kappa shape index (κ2) is 13.5. The largest absolute Gasteiger partial charge is 0.494 e. The zero-order valence-electron chi connectivity index (χ0n) is 14.7. The highest BCUT2D eigenvalue weighted by atomic mass is 16.5. The molecule has 1 atom stereocenters. The highest BCUT2D eigenvalue weighted by molar-refractivity contribution is 5.79. The SMILES string of the molecule is CCCCCCCCCC(COc1ccccc1)OC=CC(=O)O. The van der Waals surface area contributed by atoms with E-state index in [1.165, 1.54) is 44.8 Å². The minimum atomic E-state index is -1.01. The molecule has 4 heteroatoms. The standard InChI is InChI=1S/C20H30O4/c1-2-3-4-5-6-7-9-14-19(23-16-15-20(21)22)17-24-18-12-10-8-11-13-18/h8,10-13,15-16,19H,2-7,9,14,17H2,1H3,(H,21,22). The fourth-order valence-electron chi connectivity index (χ4n) is 2.43. The van der Waals surface area contributed by atoms with Crippen molar-refractivity contribution in [1.29, 1.82) is 0 Å². The van der Waals surface area contributed by atoms with Gasteiger partial charge in [0, 0.05) is 0 Å². The Balaban J connectivity index is 2.30. The molecule has 0 heterocycles. The first-order valence-electron chi connectivity index (χ1n) is 8.95. The molecule has 0 aromatic heterocycles. The van der Waals surface area contributed by atoms with Crippen LogP contribution < -0.4 is 4.74 Å². The average Bonchev–Trinajstić information content (AvgIpc) is 2.59. The van der Waals surface area contributed by atoms with E-state index in [0.29, 0.717) is 6.61 Å². The van der Waals surface area contributed by atoms with E-state index >= 15 is 0 Å². The number of ether oxygens (including phenoxy) is 2. The monoisotopic (exact) mass is 334 g/mol. The van der Waals surface area contributed by atoms with Crippen molar-refractivity contribution in [3.05, 3.63) is 42.7 Å². The van der Waals surface area contributed by atoms with Gasteiger partial charge >= 0.3 is 5.97 Å². The van der Waals surface area contributed by atoms with Crippen LogP contribution in [0.15, 0.2) is 42.7 Å². The number of hydrogen-bond acceptors (Lipinski definition) is 3. The van der Waals surface area contributed by atoms with Gasteiger partial charge in [-0.25, -0.2) is 4.79 Å².